The molecule has 1 atom stereocenters. The van der Waals surface area contributed by atoms with Crippen LogP contribution in [0.5, 0.6) is 0 Å². The Balaban J connectivity index is 3.40. The van der Waals surface area contributed by atoms with Gasteiger partial charge in [0.2, 0.25) is 0 Å². The van der Waals surface area contributed by atoms with Gasteiger partial charge in [-0.05, 0) is 32.1 Å². The third-order valence-corrected chi connectivity index (χ3v) is 7.90. The zero-order valence-corrected chi connectivity index (χ0v) is 25.8. The maximum Gasteiger partial charge on any atom is 0.306 e. The van der Waals surface area contributed by atoms with Crippen molar-refractivity contribution in [2.45, 2.75) is 206 Å². The Morgan fingerprint density at radius 1 is 0.500 bits per heavy atom. The molecule has 4 heteroatoms. The van der Waals surface area contributed by atoms with Crippen LogP contribution in [0.2, 0.25) is 0 Å². The number of hydrogen-bond acceptors (Lipinski definition) is 3. The molecule has 0 saturated carbocycles. The second kappa shape index (κ2) is 30.5. The predicted molar refractivity (Wildman–Crippen MR) is 163 cm³/mol. The highest BCUT2D eigenvalue weighted by atomic mass is 16.5. The number of ether oxygens (including phenoxy) is 1. The number of unbranched alkanes of at least 4 members (excludes halogenated alkanes) is 23. The molecule has 0 bridgehead atoms. The molecule has 226 valence electrons. The van der Waals surface area contributed by atoms with Gasteiger partial charge in [-0.1, -0.05) is 155 Å². The van der Waals surface area contributed by atoms with Crippen LogP contribution in [-0.4, -0.2) is 23.1 Å². The van der Waals surface area contributed by atoms with Crippen molar-refractivity contribution in [2.24, 2.45) is 0 Å². The third kappa shape index (κ3) is 29.5. The zero-order chi connectivity index (χ0) is 27.9. The molecule has 0 heterocycles. The smallest absolute Gasteiger partial charge is 0.306 e. The molecule has 0 aromatic heterocycles. The van der Waals surface area contributed by atoms with E-state index in [9.17, 15) is 9.59 Å². The third-order valence-electron chi connectivity index (χ3n) is 7.90. The lowest BCUT2D eigenvalue weighted by molar-refractivity contribution is -0.149. The molecule has 0 aliphatic rings. The molecule has 0 amide bonds. The van der Waals surface area contributed by atoms with Gasteiger partial charge in [0.25, 0.3) is 0 Å². The van der Waals surface area contributed by atoms with Crippen LogP contribution in [-0.2, 0) is 14.3 Å². The summed E-state index contributed by atoms with van der Waals surface area (Å²) in [6.45, 7) is 4.41. The van der Waals surface area contributed by atoms with Crippen molar-refractivity contribution in [3.05, 3.63) is 0 Å². The minimum Gasteiger partial charge on any atom is -0.481 e. The molecule has 0 saturated heterocycles. The monoisotopic (exact) mass is 538 g/mol. The van der Waals surface area contributed by atoms with Gasteiger partial charge in [-0.3, -0.25) is 9.59 Å². The minimum absolute atomic E-state index is 0.0194. The minimum atomic E-state index is -0.666. The summed E-state index contributed by atoms with van der Waals surface area (Å²) in [5.41, 5.74) is 0. The summed E-state index contributed by atoms with van der Waals surface area (Å²) in [6.07, 6.45) is 34.8. The fourth-order valence-electron chi connectivity index (χ4n) is 5.29. The second-order valence-corrected chi connectivity index (χ2v) is 11.7. The quantitative estimate of drug-likeness (QED) is 0.0704. The number of carboxylic acid groups (broad SMARTS) is 1. The standard InChI is InChI=1S/C34H66O4/c1-3-5-6-7-8-9-14-19-22-25-28-31-34(37)38-32(4-2)29-26-23-20-17-15-12-10-11-13-16-18-21-24-27-30-33(35)36/h32H,3-31H2,1-2H3,(H,35,36). The lowest BCUT2D eigenvalue weighted by Crippen LogP contribution is -2.17. The van der Waals surface area contributed by atoms with Crippen LogP contribution >= 0.6 is 0 Å². The van der Waals surface area contributed by atoms with Crippen molar-refractivity contribution in [1.82, 2.24) is 0 Å². The van der Waals surface area contributed by atoms with Gasteiger partial charge in [-0.15, -0.1) is 0 Å². The average Bonchev–Trinajstić information content (AvgIpc) is 2.90. The highest BCUT2D eigenvalue weighted by molar-refractivity contribution is 5.69. The highest BCUT2D eigenvalue weighted by Gasteiger charge is 2.12. The van der Waals surface area contributed by atoms with Crippen LogP contribution in [0.15, 0.2) is 0 Å². The second-order valence-electron chi connectivity index (χ2n) is 11.7. The summed E-state index contributed by atoms with van der Waals surface area (Å²) in [4.78, 5) is 22.7. The van der Waals surface area contributed by atoms with Gasteiger partial charge in [0.15, 0.2) is 0 Å². The average molecular weight is 539 g/mol. The van der Waals surface area contributed by atoms with Gasteiger partial charge >= 0.3 is 11.9 Å². The SMILES string of the molecule is CCCCCCCCCCCCCC(=O)OC(CC)CCCCCCCCCCCCCCCCC(=O)O. The van der Waals surface area contributed by atoms with Crippen molar-refractivity contribution >= 4 is 11.9 Å². The molecular formula is C34H66O4. The number of hydrogen-bond donors (Lipinski definition) is 1. The Bertz CT molecular complexity index is 505. The zero-order valence-electron chi connectivity index (χ0n) is 25.8. The number of carbonyl (C=O) groups is 2. The number of carbonyl (C=O) groups excluding carboxylic acids is 1. The fraction of sp³-hybridized carbons (Fsp3) is 0.941. The Morgan fingerprint density at radius 3 is 1.21 bits per heavy atom. The topological polar surface area (TPSA) is 63.6 Å². The summed E-state index contributed by atoms with van der Waals surface area (Å²) < 4.78 is 5.76. The van der Waals surface area contributed by atoms with E-state index >= 15 is 0 Å². The van der Waals surface area contributed by atoms with Gasteiger partial charge in [0.05, 0.1) is 0 Å². The first-order valence-corrected chi connectivity index (χ1v) is 17.0. The van der Waals surface area contributed by atoms with Gasteiger partial charge in [0, 0.05) is 12.8 Å². The largest absolute Gasteiger partial charge is 0.481 e. The van der Waals surface area contributed by atoms with E-state index in [1.165, 1.54) is 135 Å². The van der Waals surface area contributed by atoms with E-state index in [-0.39, 0.29) is 12.1 Å². The Hall–Kier alpha value is -1.06. The van der Waals surface area contributed by atoms with Crippen LogP contribution in [0, 0.1) is 0 Å². The molecule has 0 aliphatic carbocycles. The maximum atomic E-state index is 12.2. The van der Waals surface area contributed by atoms with Crippen molar-refractivity contribution in [3.63, 3.8) is 0 Å². The fourth-order valence-corrected chi connectivity index (χ4v) is 5.29. The number of rotatable bonds is 31. The van der Waals surface area contributed by atoms with E-state index in [1.54, 1.807) is 0 Å². The number of aliphatic carboxylic acids is 1. The molecule has 0 radical (unpaired) electrons. The van der Waals surface area contributed by atoms with Gasteiger partial charge < -0.3 is 9.84 Å². The van der Waals surface area contributed by atoms with Crippen LogP contribution in [0.25, 0.3) is 0 Å². The van der Waals surface area contributed by atoms with Crippen LogP contribution < -0.4 is 0 Å². The Labute approximate surface area is 237 Å². The van der Waals surface area contributed by atoms with Crippen molar-refractivity contribution in [3.8, 4) is 0 Å². The summed E-state index contributed by atoms with van der Waals surface area (Å²) in [6, 6.07) is 0. The van der Waals surface area contributed by atoms with Crippen LogP contribution in [0.4, 0.5) is 0 Å². The first-order chi connectivity index (χ1) is 18.6. The molecule has 1 unspecified atom stereocenters. The summed E-state index contributed by atoms with van der Waals surface area (Å²) in [5.74, 6) is -0.646. The van der Waals surface area contributed by atoms with Crippen LogP contribution in [0.1, 0.15) is 200 Å². The Kier molecular flexibility index (Phi) is 29.6. The lowest BCUT2D eigenvalue weighted by atomic mass is 10.0. The first kappa shape index (κ1) is 36.9. The van der Waals surface area contributed by atoms with Crippen molar-refractivity contribution < 1.29 is 19.4 Å². The predicted octanol–water partition coefficient (Wildman–Crippen LogP) is 11.3. The first-order valence-electron chi connectivity index (χ1n) is 17.0. The molecule has 4 nitrogen and oxygen atoms in total. The van der Waals surface area contributed by atoms with Gasteiger partial charge in [-0.25, -0.2) is 0 Å². The molecule has 0 fully saturated rings. The van der Waals surface area contributed by atoms with Crippen molar-refractivity contribution in [2.75, 3.05) is 0 Å². The van der Waals surface area contributed by atoms with E-state index in [1.807, 2.05) is 0 Å². The molecule has 0 spiro atoms. The van der Waals surface area contributed by atoms with E-state index in [0.29, 0.717) is 12.8 Å². The highest BCUT2D eigenvalue weighted by Crippen LogP contribution is 2.17. The molecule has 0 aliphatic heterocycles. The lowest BCUT2D eigenvalue weighted by Gasteiger charge is -2.16. The Morgan fingerprint density at radius 2 is 0.842 bits per heavy atom. The van der Waals surface area contributed by atoms with E-state index in [2.05, 4.69) is 13.8 Å². The van der Waals surface area contributed by atoms with E-state index in [4.69, 9.17) is 9.84 Å². The van der Waals surface area contributed by atoms with Crippen LogP contribution in [0.3, 0.4) is 0 Å². The van der Waals surface area contributed by atoms with E-state index in [0.717, 1.165) is 38.5 Å². The summed E-state index contributed by atoms with van der Waals surface area (Å²) in [7, 11) is 0. The molecule has 1 N–H and O–H groups in total. The summed E-state index contributed by atoms with van der Waals surface area (Å²) in [5, 5.41) is 8.63. The maximum absolute atomic E-state index is 12.2. The molecule has 0 rings (SSSR count). The molecule has 0 aromatic rings. The van der Waals surface area contributed by atoms with Crippen molar-refractivity contribution in [1.29, 1.82) is 0 Å². The normalized spacial score (nSPS) is 12.1. The molecular weight excluding hydrogens is 472 g/mol. The molecule has 0 aromatic carbocycles. The van der Waals surface area contributed by atoms with Gasteiger partial charge in [0.1, 0.15) is 6.10 Å². The molecule has 38 heavy (non-hydrogen) atoms. The number of esters is 1. The number of carboxylic acids is 1. The van der Waals surface area contributed by atoms with Gasteiger partial charge in [-0.2, -0.15) is 0 Å². The van der Waals surface area contributed by atoms with E-state index < -0.39 is 5.97 Å². The summed E-state index contributed by atoms with van der Waals surface area (Å²) >= 11 is 0.